The molecule has 0 atom stereocenters. The number of Topliss-reactive ketones (excluding diaryl/α,β-unsaturated/α-hetero) is 1. The van der Waals surface area contributed by atoms with Crippen molar-refractivity contribution < 1.29 is 47.5 Å². The molecule has 0 aromatic heterocycles. The van der Waals surface area contributed by atoms with Crippen LogP contribution in [0.5, 0.6) is 0 Å². The van der Waals surface area contributed by atoms with Crippen molar-refractivity contribution in [3.63, 3.8) is 0 Å². The van der Waals surface area contributed by atoms with Crippen molar-refractivity contribution in [2.45, 2.75) is 0 Å². The maximum absolute atomic E-state index is 11.8. The summed E-state index contributed by atoms with van der Waals surface area (Å²) in [6, 6.07) is 8.27. The number of rotatable bonds is 26. The summed E-state index contributed by atoms with van der Waals surface area (Å²) in [7, 11) is 1.89. The first kappa shape index (κ1) is 32.1. The van der Waals surface area contributed by atoms with Gasteiger partial charge in [-0.3, -0.25) is 4.79 Å². The van der Waals surface area contributed by atoms with Crippen LogP contribution in [-0.2, 0) is 42.7 Å². The van der Waals surface area contributed by atoms with E-state index in [1.54, 1.807) is 30.3 Å². The van der Waals surface area contributed by atoms with Gasteiger partial charge in [-0.25, -0.2) is 4.79 Å². The molecule has 0 fully saturated rings. The largest absolute Gasteiger partial charge is 0.457 e. The molecule has 0 spiro atoms. The molecule has 206 valence electrons. The average Bonchev–Trinajstić information content (AvgIpc) is 2.91. The van der Waals surface area contributed by atoms with E-state index in [4.69, 9.17) is 37.9 Å². The third kappa shape index (κ3) is 19.3. The topological polar surface area (TPSA) is 120 Å². The molecule has 11 nitrogen and oxygen atoms in total. The van der Waals surface area contributed by atoms with Gasteiger partial charge in [0.05, 0.1) is 92.5 Å². The first-order valence-corrected chi connectivity index (χ1v) is 12.2. The van der Waals surface area contributed by atoms with Gasteiger partial charge in [0.25, 0.3) is 5.78 Å². The molecule has 0 saturated carbocycles. The molecular weight excluding hydrogens is 474 g/mol. The van der Waals surface area contributed by atoms with Gasteiger partial charge in [0, 0.05) is 12.1 Å². The Balaban J connectivity index is 1.72. The summed E-state index contributed by atoms with van der Waals surface area (Å²) in [5, 5.41) is 3.01. The van der Waals surface area contributed by atoms with Gasteiger partial charge in [0.2, 0.25) is 0 Å². The number of likely N-dealkylation sites (N-methyl/N-ethyl adjacent to an activating group) is 1. The van der Waals surface area contributed by atoms with Gasteiger partial charge in [-0.15, -0.1) is 0 Å². The van der Waals surface area contributed by atoms with Crippen molar-refractivity contribution >= 4 is 11.8 Å². The van der Waals surface area contributed by atoms with Gasteiger partial charge >= 0.3 is 5.97 Å². The van der Waals surface area contributed by atoms with Crippen LogP contribution in [0.25, 0.3) is 0 Å². The zero-order valence-electron chi connectivity index (χ0n) is 21.3. The van der Waals surface area contributed by atoms with Crippen LogP contribution in [0.3, 0.4) is 0 Å². The van der Waals surface area contributed by atoms with Gasteiger partial charge in [0.15, 0.2) is 0 Å². The summed E-state index contributed by atoms with van der Waals surface area (Å²) >= 11 is 0. The predicted molar refractivity (Wildman–Crippen MR) is 131 cm³/mol. The highest BCUT2D eigenvalue weighted by atomic mass is 16.6. The van der Waals surface area contributed by atoms with Gasteiger partial charge in [-0.05, 0) is 7.05 Å². The van der Waals surface area contributed by atoms with Crippen LogP contribution in [-0.4, -0.2) is 124 Å². The number of esters is 1. The molecule has 0 heterocycles. The Hall–Kier alpha value is -1.96. The fourth-order valence-corrected chi connectivity index (χ4v) is 2.56. The third-order valence-electron chi connectivity index (χ3n) is 4.41. The first-order chi connectivity index (χ1) is 17.8. The van der Waals surface area contributed by atoms with Gasteiger partial charge in [-0.1, -0.05) is 30.3 Å². The Bertz CT molecular complexity index is 647. The predicted octanol–water partition coefficient (Wildman–Crippen LogP) is 0.748. The second kappa shape index (κ2) is 24.7. The monoisotopic (exact) mass is 515 g/mol. The van der Waals surface area contributed by atoms with E-state index in [0.29, 0.717) is 91.5 Å². The molecule has 0 saturated heterocycles. The van der Waals surface area contributed by atoms with Crippen molar-refractivity contribution in [1.82, 2.24) is 5.32 Å². The van der Waals surface area contributed by atoms with Crippen molar-refractivity contribution in [2.24, 2.45) is 0 Å². The molecule has 36 heavy (non-hydrogen) atoms. The van der Waals surface area contributed by atoms with E-state index in [9.17, 15) is 9.59 Å². The number of benzene rings is 1. The quantitative estimate of drug-likeness (QED) is 0.0814. The van der Waals surface area contributed by atoms with E-state index in [1.165, 1.54) is 0 Å². The molecule has 0 aliphatic heterocycles. The normalized spacial score (nSPS) is 11.0. The van der Waals surface area contributed by atoms with Crippen molar-refractivity contribution in [3.05, 3.63) is 35.9 Å². The molecule has 0 radical (unpaired) electrons. The number of carbonyl (C=O) groups is 2. The van der Waals surface area contributed by atoms with E-state index in [-0.39, 0.29) is 13.2 Å². The minimum atomic E-state index is -0.891. The Morgan fingerprint density at radius 2 is 0.917 bits per heavy atom. The molecule has 1 aromatic carbocycles. The molecule has 0 amide bonds. The van der Waals surface area contributed by atoms with E-state index in [0.717, 1.165) is 6.54 Å². The lowest BCUT2D eigenvalue weighted by Crippen LogP contribution is -2.20. The molecular formula is C25H41NO10. The van der Waals surface area contributed by atoms with Gasteiger partial charge in [-0.2, -0.15) is 0 Å². The highest BCUT2D eigenvalue weighted by Gasteiger charge is 2.16. The van der Waals surface area contributed by atoms with Crippen LogP contribution >= 0.6 is 0 Å². The van der Waals surface area contributed by atoms with Crippen LogP contribution < -0.4 is 5.32 Å². The fourth-order valence-electron chi connectivity index (χ4n) is 2.56. The molecule has 1 aromatic rings. The SMILES string of the molecule is CNCCOCCOCCOCCOCCOCCOCCOCCOC(=O)C(=O)c1ccccc1. The maximum Gasteiger partial charge on any atom is 0.379 e. The molecule has 0 unspecified atom stereocenters. The van der Waals surface area contributed by atoms with E-state index >= 15 is 0 Å². The van der Waals surface area contributed by atoms with Crippen LogP contribution in [0.15, 0.2) is 30.3 Å². The molecule has 0 aliphatic rings. The van der Waals surface area contributed by atoms with E-state index < -0.39 is 11.8 Å². The van der Waals surface area contributed by atoms with Crippen LogP contribution in [0.1, 0.15) is 10.4 Å². The standard InChI is InChI=1S/C25H41NO10/c1-26-7-8-29-9-10-30-11-12-31-13-14-32-15-16-33-17-18-34-19-20-35-21-22-36-25(28)24(27)23-5-3-2-4-6-23/h2-6,26H,7-22H2,1H3. The number of carbonyl (C=O) groups excluding carboxylic acids is 2. The lowest BCUT2D eigenvalue weighted by atomic mass is 10.1. The number of ether oxygens (including phenoxy) is 8. The summed E-state index contributed by atoms with van der Waals surface area (Å²) in [5.74, 6) is -1.56. The summed E-state index contributed by atoms with van der Waals surface area (Å²) < 4.78 is 42.6. The van der Waals surface area contributed by atoms with E-state index in [2.05, 4.69) is 5.32 Å². The Kier molecular flexibility index (Phi) is 22.0. The minimum absolute atomic E-state index is 0.00616. The van der Waals surface area contributed by atoms with Crippen molar-refractivity contribution in [3.8, 4) is 0 Å². The smallest absolute Gasteiger partial charge is 0.379 e. The van der Waals surface area contributed by atoms with Crippen LogP contribution in [0.2, 0.25) is 0 Å². The highest BCUT2D eigenvalue weighted by Crippen LogP contribution is 2.01. The summed E-state index contributed by atoms with van der Waals surface area (Å²) in [6.45, 7) is 7.52. The molecule has 11 heteroatoms. The first-order valence-electron chi connectivity index (χ1n) is 12.2. The van der Waals surface area contributed by atoms with E-state index in [1.807, 2.05) is 7.05 Å². The van der Waals surface area contributed by atoms with Crippen LogP contribution in [0.4, 0.5) is 0 Å². The Morgan fingerprint density at radius 3 is 1.31 bits per heavy atom. The fraction of sp³-hybridized carbons (Fsp3) is 0.680. The second-order valence-electron chi connectivity index (χ2n) is 7.22. The molecule has 1 N–H and O–H groups in total. The number of nitrogens with one attached hydrogen (secondary N) is 1. The third-order valence-corrected chi connectivity index (χ3v) is 4.41. The minimum Gasteiger partial charge on any atom is -0.457 e. The second-order valence-corrected chi connectivity index (χ2v) is 7.22. The number of ketones is 1. The Morgan fingerprint density at radius 1 is 0.556 bits per heavy atom. The molecule has 0 bridgehead atoms. The highest BCUT2D eigenvalue weighted by molar-refractivity contribution is 6.40. The number of hydrogen-bond donors (Lipinski definition) is 1. The average molecular weight is 516 g/mol. The molecule has 0 aliphatic carbocycles. The van der Waals surface area contributed by atoms with Crippen LogP contribution in [0, 0.1) is 0 Å². The van der Waals surface area contributed by atoms with Gasteiger partial charge in [0.1, 0.15) is 6.61 Å². The lowest BCUT2D eigenvalue weighted by molar-refractivity contribution is -0.139. The Labute approximate surface area is 213 Å². The van der Waals surface area contributed by atoms with Crippen molar-refractivity contribution in [2.75, 3.05) is 113 Å². The number of hydrogen-bond acceptors (Lipinski definition) is 11. The summed E-state index contributed by atoms with van der Waals surface area (Å²) in [4.78, 5) is 23.5. The summed E-state index contributed by atoms with van der Waals surface area (Å²) in [6.07, 6.45) is 0. The molecule has 1 rings (SSSR count). The zero-order valence-corrected chi connectivity index (χ0v) is 21.3. The van der Waals surface area contributed by atoms with Gasteiger partial charge < -0.3 is 43.2 Å². The maximum atomic E-state index is 11.8. The summed E-state index contributed by atoms with van der Waals surface area (Å²) in [5.41, 5.74) is 0.301. The zero-order chi connectivity index (χ0) is 25.9. The van der Waals surface area contributed by atoms with Crippen molar-refractivity contribution in [1.29, 1.82) is 0 Å². The lowest BCUT2D eigenvalue weighted by Gasteiger charge is -2.08.